The lowest BCUT2D eigenvalue weighted by atomic mass is 10.1. The molecule has 2 nitrogen and oxygen atoms in total. The Bertz CT molecular complexity index is 383. The van der Waals surface area contributed by atoms with Crippen LogP contribution in [0.15, 0.2) is 30.3 Å². The number of hydrogen-bond acceptors (Lipinski definition) is 2. The van der Waals surface area contributed by atoms with Crippen LogP contribution in [0.25, 0.3) is 5.57 Å². The Morgan fingerprint density at radius 2 is 2.27 bits per heavy atom. The summed E-state index contributed by atoms with van der Waals surface area (Å²) in [5.41, 5.74) is 1.77. The highest BCUT2D eigenvalue weighted by molar-refractivity contribution is 6.30. The molecule has 0 heterocycles. The fourth-order valence-corrected chi connectivity index (χ4v) is 1.37. The molecule has 0 saturated carbocycles. The van der Waals surface area contributed by atoms with E-state index < -0.39 is 0 Å². The average Bonchev–Trinajstić information content (AvgIpc) is 2.18. The van der Waals surface area contributed by atoms with E-state index >= 15 is 0 Å². The summed E-state index contributed by atoms with van der Waals surface area (Å²) in [5, 5.41) is 0.657. The average molecular weight is 225 g/mol. The van der Waals surface area contributed by atoms with Crippen molar-refractivity contribution in [1.82, 2.24) is 0 Å². The lowest BCUT2D eigenvalue weighted by Gasteiger charge is -2.02. The highest BCUT2D eigenvalue weighted by Crippen LogP contribution is 2.18. The molecule has 0 aliphatic carbocycles. The molecule has 0 bridgehead atoms. The summed E-state index contributed by atoms with van der Waals surface area (Å²) in [7, 11) is 0. The van der Waals surface area contributed by atoms with Crippen molar-refractivity contribution in [2.45, 2.75) is 13.8 Å². The zero-order valence-corrected chi connectivity index (χ0v) is 9.54. The number of halogens is 1. The minimum atomic E-state index is -0.324. The minimum Gasteiger partial charge on any atom is -0.463 e. The molecule has 0 aromatic heterocycles. The smallest absolute Gasteiger partial charge is 0.331 e. The molecular formula is C12H13ClO2. The van der Waals surface area contributed by atoms with E-state index in [9.17, 15) is 4.79 Å². The maximum Gasteiger partial charge on any atom is 0.331 e. The van der Waals surface area contributed by atoms with Crippen LogP contribution in [-0.2, 0) is 9.53 Å². The fraction of sp³-hybridized carbons (Fsp3) is 0.250. The van der Waals surface area contributed by atoms with Gasteiger partial charge in [-0.1, -0.05) is 23.7 Å². The largest absolute Gasteiger partial charge is 0.463 e. The monoisotopic (exact) mass is 224 g/mol. The second-order valence-electron chi connectivity index (χ2n) is 3.09. The van der Waals surface area contributed by atoms with Crippen molar-refractivity contribution in [2.75, 3.05) is 6.61 Å². The molecule has 0 saturated heterocycles. The zero-order valence-electron chi connectivity index (χ0n) is 8.79. The summed E-state index contributed by atoms with van der Waals surface area (Å²) in [6.07, 6.45) is 1.47. The van der Waals surface area contributed by atoms with Gasteiger partial charge >= 0.3 is 5.97 Å². The van der Waals surface area contributed by atoms with Crippen LogP contribution in [-0.4, -0.2) is 12.6 Å². The van der Waals surface area contributed by atoms with Crippen molar-refractivity contribution in [1.29, 1.82) is 0 Å². The quantitative estimate of drug-likeness (QED) is 0.582. The van der Waals surface area contributed by atoms with Crippen LogP contribution in [0.2, 0.25) is 5.02 Å². The first-order chi connectivity index (χ1) is 7.13. The summed E-state index contributed by atoms with van der Waals surface area (Å²) in [5.74, 6) is -0.324. The second-order valence-corrected chi connectivity index (χ2v) is 3.53. The molecular weight excluding hydrogens is 212 g/mol. The molecule has 0 unspecified atom stereocenters. The summed E-state index contributed by atoms with van der Waals surface area (Å²) in [6.45, 7) is 4.02. The molecule has 0 N–H and O–H groups in total. The SMILES string of the molecule is CCOC(=O)/C=C(/C)c1cccc(Cl)c1. The van der Waals surface area contributed by atoms with Crippen LogP contribution in [0.5, 0.6) is 0 Å². The van der Waals surface area contributed by atoms with Crippen LogP contribution in [0.4, 0.5) is 0 Å². The Morgan fingerprint density at radius 1 is 1.53 bits per heavy atom. The van der Waals surface area contributed by atoms with Gasteiger partial charge in [0.15, 0.2) is 0 Å². The number of esters is 1. The topological polar surface area (TPSA) is 26.3 Å². The first-order valence-electron chi connectivity index (χ1n) is 4.74. The number of benzene rings is 1. The van der Waals surface area contributed by atoms with Crippen LogP contribution in [0.1, 0.15) is 19.4 Å². The van der Waals surface area contributed by atoms with E-state index in [-0.39, 0.29) is 5.97 Å². The Labute approximate surface area is 94.5 Å². The van der Waals surface area contributed by atoms with E-state index in [0.717, 1.165) is 11.1 Å². The lowest BCUT2D eigenvalue weighted by Crippen LogP contribution is -2.00. The Balaban J connectivity index is 2.84. The van der Waals surface area contributed by atoms with Crippen molar-refractivity contribution in [3.05, 3.63) is 40.9 Å². The van der Waals surface area contributed by atoms with Crippen LogP contribution in [0, 0.1) is 0 Å². The van der Waals surface area contributed by atoms with E-state index in [1.54, 1.807) is 13.0 Å². The molecule has 1 aromatic rings. The molecule has 0 amide bonds. The van der Waals surface area contributed by atoms with Gasteiger partial charge in [0.1, 0.15) is 0 Å². The molecule has 1 aromatic carbocycles. The van der Waals surface area contributed by atoms with Crippen molar-refractivity contribution in [3.63, 3.8) is 0 Å². The summed E-state index contributed by atoms with van der Waals surface area (Å²) in [4.78, 5) is 11.2. The Hall–Kier alpha value is -1.28. The maximum atomic E-state index is 11.2. The predicted octanol–water partition coefficient (Wildman–Crippen LogP) is 3.31. The van der Waals surface area contributed by atoms with Gasteiger partial charge in [-0.25, -0.2) is 4.79 Å². The summed E-state index contributed by atoms with van der Waals surface area (Å²) >= 11 is 5.84. The third-order valence-corrected chi connectivity index (χ3v) is 2.14. The minimum absolute atomic E-state index is 0.324. The van der Waals surface area contributed by atoms with Gasteiger partial charge in [0.05, 0.1) is 6.61 Å². The van der Waals surface area contributed by atoms with Crippen molar-refractivity contribution in [2.24, 2.45) is 0 Å². The van der Waals surface area contributed by atoms with E-state index in [2.05, 4.69) is 0 Å². The van der Waals surface area contributed by atoms with Crippen molar-refractivity contribution in [3.8, 4) is 0 Å². The number of ether oxygens (including phenoxy) is 1. The maximum absolute atomic E-state index is 11.2. The van der Waals surface area contributed by atoms with Crippen molar-refractivity contribution < 1.29 is 9.53 Å². The van der Waals surface area contributed by atoms with Gasteiger partial charge in [-0.2, -0.15) is 0 Å². The highest BCUT2D eigenvalue weighted by atomic mass is 35.5. The summed E-state index contributed by atoms with van der Waals surface area (Å²) in [6, 6.07) is 7.35. The van der Waals surface area contributed by atoms with E-state index in [1.165, 1.54) is 6.08 Å². The van der Waals surface area contributed by atoms with Crippen LogP contribution in [0.3, 0.4) is 0 Å². The molecule has 0 fully saturated rings. The van der Waals surface area contributed by atoms with Crippen molar-refractivity contribution >= 4 is 23.1 Å². The molecule has 3 heteroatoms. The molecule has 0 aliphatic rings. The second kappa shape index (κ2) is 5.56. The number of hydrogen-bond donors (Lipinski definition) is 0. The van der Waals surface area contributed by atoms with Gasteiger partial charge in [-0.15, -0.1) is 0 Å². The van der Waals surface area contributed by atoms with Gasteiger partial charge < -0.3 is 4.74 Å². The van der Waals surface area contributed by atoms with Crippen LogP contribution < -0.4 is 0 Å². The fourth-order valence-electron chi connectivity index (χ4n) is 1.18. The first kappa shape index (κ1) is 11.8. The molecule has 0 spiro atoms. The molecule has 1 rings (SSSR count). The Morgan fingerprint density at radius 3 is 2.87 bits per heavy atom. The van der Waals surface area contributed by atoms with Gasteiger partial charge in [0.2, 0.25) is 0 Å². The van der Waals surface area contributed by atoms with Gasteiger partial charge in [-0.3, -0.25) is 0 Å². The molecule has 0 aliphatic heterocycles. The van der Waals surface area contributed by atoms with E-state index in [0.29, 0.717) is 11.6 Å². The van der Waals surface area contributed by atoms with Gasteiger partial charge in [0, 0.05) is 11.1 Å². The lowest BCUT2D eigenvalue weighted by molar-refractivity contribution is -0.137. The highest BCUT2D eigenvalue weighted by Gasteiger charge is 2.01. The molecule has 15 heavy (non-hydrogen) atoms. The van der Waals surface area contributed by atoms with Crippen LogP contribution >= 0.6 is 11.6 Å². The third kappa shape index (κ3) is 3.76. The van der Waals surface area contributed by atoms with Gasteiger partial charge in [0.25, 0.3) is 0 Å². The van der Waals surface area contributed by atoms with Gasteiger partial charge in [-0.05, 0) is 37.1 Å². The predicted molar refractivity (Wildman–Crippen MR) is 61.7 cm³/mol. The molecule has 0 radical (unpaired) electrons. The van der Waals surface area contributed by atoms with E-state index in [4.69, 9.17) is 16.3 Å². The number of carbonyl (C=O) groups is 1. The molecule has 0 atom stereocenters. The standard InChI is InChI=1S/C12H13ClO2/c1-3-15-12(14)7-9(2)10-5-4-6-11(13)8-10/h4-8H,3H2,1-2H3/b9-7-. The first-order valence-corrected chi connectivity index (χ1v) is 5.12. The number of carbonyl (C=O) groups excluding carboxylic acids is 1. The van der Waals surface area contributed by atoms with E-state index in [1.807, 2.05) is 25.1 Å². The third-order valence-electron chi connectivity index (χ3n) is 1.90. The zero-order chi connectivity index (χ0) is 11.3. The normalized spacial score (nSPS) is 11.3. The Kier molecular flexibility index (Phi) is 4.37. The summed E-state index contributed by atoms with van der Waals surface area (Å²) < 4.78 is 4.82. The molecule has 80 valence electrons. The number of rotatable bonds is 3. The number of allylic oxidation sites excluding steroid dienone is 1.